The highest BCUT2D eigenvalue weighted by Crippen LogP contribution is 2.20. The Morgan fingerprint density at radius 1 is 1.30 bits per heavy atom. The van der Waals surface area contributed by atoms with Gasteiger partial charge in [-0.05, 0) is 31.2 Å². The van der Waals surface area contributed by atoms with E-state index in [1.165, 1.54) is 0 Å². The Hall–Kier alpha value is -0.810. The summed E-state index contributed by atoms with van der Waals surface area (Å²) >= 11 is 11.9. The summed E-state index contributed by atoms with van der Waals surface area (Å²) in [6, 6.07) is 4.88. The Kier molecular flexibility index (Phi) is 6.10. The van der Waals surface area contributed by atoms with E-state index in [2.05, 4.69) is 10.2 Å². The number of carbonyl (C=O) groups excluding carboxylic acids is 1. The molecule has 1 saturated heterocycles. The molecule has 2 rings (SSSR count). The maximum atomic E-state index is 12.0. The summed E-state index contributed by atoms with van der Waals surface area (Å²) < 4.78 is 5.29. The molecule has 1 heterocycles. The lowest BCUT2D eigenvalue weighted by Crippen LogP contribution is -2.38. The van der Waals surface area contributed by atoms with E-state index in [-0.39, 0.29) is 5.91 Å². The van der Waals surface area contributed by atoms with E-state index in [1.54, 1.807) is 18.2 Å². The average molecular weight is 317 g/mol. The van der Waals surface area contributed by atoms with Crippen LogP contribution in [0.25, 0.3) is 0 Å². The summed E-state index contributed by atoms with van der Waals surface area (Å²) in [5, 5.41) is 3.79. The molecule has 0 aromatic heterocycles. The van der Waals surface area contributed by atoms with E-state index < -0.39 is 0 Å². The normalized spacial score (nSPS) is 16.1. The fourth-order valence-corrected chi connectivity index (χ4v) is 2.47. The maximum absolute atomic E-state index is 12.0. The van der Waals surface area contributed by atoms with Crippen molar-refractivity contribution in [2.24, 2.45) is 0 Å². The average Bonchev–Trinajstić information content (AvgIpc) is 2.47. The lowest BCUT2D eigenvalue weighted by Gasteiger charge is -2.26. The zero-order valence-corrected chi connectivity index (χ0v) is 12.7. The van der Waals surface area contributed by atoms with Gasteiger partial charge in [0.05, 0.1) is 23.8 Å². The standard InChI is InChI=1S/C14H18Cl2N2O2/c15-11-2-3-13(16)12(10-11)14(19)17-4-1-5-18-6-8-20-9-7-18/h2-3,10H,1,4-9H2,(H,17,19). The smallest absolute Gasteiger partial charge is 0.252 e. The molecule has 1 aliphatic rings. The lowest BCUT2D eigenvalue weighted by molar-refractivity contribution is 0.0374. The topological polar surface area (TPSA) is 41.6 Å². The van der Waals surface area contributed by atoms with Crippen LogP contribution in [0.3, 0.4) is 0 Å². The summed E-state index contributed by atoms with van der Waals surface area (Å²) in [6.45, 7) is 5.11. The van der Waals surface area contributed by atoms with Crippen molar-refractivity contribution in [1.82, 2.24) is 10.2 Å². The number of rotatable bonds is 5. The first kappa shape index (κ1) is 15.6. The van der Waals surface area contributed by atoms with Crippen LogP contribution in [0.5, 0.6) is 0 Å². The molecule has 1 N–H and O–H groups in total. The molecule has 0 unspecified atom stereocenters. The number of nitrogens with zero attached hydrogens (tertiary/aromatic N) is 1. The van der Waals surface area contributed by atoms with Gasteiger partial charge in [0.1, 0.15) is 0 Å². The summed E-state index contributed by atoms with van der Waals surface area (Å²) in [6.07, 6.45) is 0.907. The quantitative estimate of drug-likeness (QED) is 0.848. The summed E-state index contributed by atoms with van der Waals surface area (Å²) in [7, 11) is 0. The minimum atomic E-state index is -0.181. The first-order chi connectivity index (χ1) is 9.66. The molecule has 1 aromatic carbocycles. The van der Waals surface area contributed by atoms with Crippen molar-refractivity contribution in [2.75, 3.05) is 39.4 Å². The second kappa shape index (κ2) is 7.84. The number of hydrogen-bond donors (Lipinski definition) is 1. The van der Waals surface area contributed by atoms with E-state index in [9.17, 15) is 4.79 Å². The predicted molar refractivity (Wildman–Crippen MR) is 80.7 cm³/mol. The van der Waals surface area contributed by atoms with Gasteiger partial charge in [0, 0.05) is 24.7 Å². The molecule has 4 nitrogen and oxygen atoms in total. The molecule has 0 radical (unpaired) electrons. The fraction of sp³-hybridized carbons (Fsp3) is 0.500. The summed E-state index contributed by atoms with van der Waals surface area (Å²) in [5.41, 5.74) is 0.422. The molecule has 0 bridgehead atoms. The van der Waals surface area contributed by atoms with Crippen LogP contribution >= 0.6 is 23.2 Å². The number of hydrogen-bond acceptors (Lipinski definition) is 3. The van der Waals surface area contributed by atoms with Crippen molar-refractivity contribution in [3.8, 4) is 0 Å². The molecule has 0 spiro atoms. The Balaban J connectivity index is 1.73. The zero-order valence-electron chi connectivity index (χ0n) is 11.2. The monoisotopic (exact) mass is 316 g/mol. The van der Waals surface area contributed by atoms with E-state index in [1.807, 2.05) is 0 Å². The van der Waals surface area contributed by atoms with Crippen molar-refractivity contribution >= 4 is 29.1 Å². The number of carbonyl (C=O) groups is 1. The molecule has 6 heteroatoms. The first-order valence-electron chi connectivity index (χ1n) is 6.70. The highest BCUT2D eigenvalue weighted by atomic mass is 35.5. The van der Waals surface area contributed by atoms with Gasteiger partial charge >= 0.3 is 0 Å². The molecular weight excluding hydrogens is 299 g/mol. The van der Waals surface area contributed by atoms with Crippen LogP contribution < -0.4 is 5.32 Å². The van der Waals surface area contributed by atoms with Gasteiger partial charge in [-0.2, -0.15) is 0 Å². The van der Waals surface area contributed by atoms with Gasteiger partial charge in [-0.1, -0.05) is 23.2 Å². The van der Waals surface area contributed by atoms with Crippen molar-refractivity contribution in [1.29, 1.82) is 0 Å². The molecule has 1 aromatic rings. The van der Waals surface area contributed by atoms with Crippen molar-refractivity contribution in [3.05, 3.63) is 33.8 Å². The minimum absolute atomic E-state index is 0.181. The number of amides is 1. The van der Waals surface area contributed by atoms with Crippen LogP contribution in [0.4, 0.5) is 0 Å². The maximum Gasteiger partial charge on any atom is 0.252 e. The molecule has 1 aliphatic heterocycles. The van der Waals surface area contributed by atoms with Crippen molar-refractivity contribution in [2.45, 2.75) is 6.42 Å². The van der Waals surface area contributed by atoms with Crippen LogP contribution in [0.1, 0.15) is 16.8 Å². The van der Waals surface area contributed by atoms with Gasteiger partial charge in [-0.25, -0.2) is 0 Å². The van der Waals surface area contributed by atoms with Crippen molar-refractivity contribution in [3.63, 3.8) is 0 Å². The minimum Gasteiger partial charge on any atom is -0.379 e. The number of morpholine rings is 1. The van der Waals surface area contributed by atoms with Gasteiger partial charge in [0.15, 0.2) is 0 Å². The molecule has 0 saturated carbocycles. The van der Waals surface area contributed by atoms with Crippen molar-refractivity contribution < 1.29 is 9.53 Å². The Morgan fingerprint density at radius 2 is 2.05 bits per heavy atom. The Labute approximate surface area is 129 Å². The largest absolute Gasteiger partial charge is 0.379 e. The Morgan fingerprint density at radius 3 is 2.80 bits per heavy atom. The fourth-order valence-electron chi connectivity index (χ4n) is 2.10. The molecule has 1 amide bonds. The van der Waals surface area contributed by atoms with Crippen LogP contribution in [0.2, 0.25) is 10.0 Å². The third-order valence-corrected chi connectivity index (χ3v) is 3.78. The molecular formula is C14H18Cl2N2O2. The Bertz CT molecular complexity index is 462. The summed E-state index contributed by atoms with van der Waals surface area (Å²) in [5.74, 6) is -0.181. The van der Waals surface area contributed by atoms with Crippen LogP contribution in [0.15, 0.2) is 18.2 Å². The van der Waals surface area contributed by atoms with Crippen LogP contribution in [0, 0.1) is 0 Å². The number of nitrogens with one attached hydrogen (secondary N) is 1. The number of ether oxygens (including phenoxy) is 1. The number of halogens is 2. The molecule has 20 heavy (non-hydrogen) atoms. The lowest BCUT2D eigenvalue weighted by atomic mass is 10.2. The third-order valence-electron chi connectivity index (χ3n) is 3.21. The molecule has 1 fully saturated rings. The van der Waals surface area contributed by atoms with E-state index in [0.717, 1.165) is 39.3 Å². The van der Waals surface area contributed by atoms with Crippen LogP contribution in [-0.2, 0) is 4.74 Å². The van der Waals surface area contributed by atoms with Gasteiger partial charge < -0.3 is 10.1 Å². The second-order valence-corrected chi connectivity index (χ2v) is 5.53. The van der Waals surface area contributed by atoms with Gasteiger partial charge in [0.25, 0.3) is 5.91 Å². The number of benzene rings is 1. The van der Waals surface area contributed by atoms with E-state index >= 15 is 0 Å². The molecule has 0 aliphatic carbocycles. The SMILES string of the molecule is O=C(NCCCN1CCOCC1)c1cc(Cl)ccc1Cl. The summed E-state index contributed by atoms with van der Waals surface area (Å²) in [4.78, 5) is 14.3. The van der Waals surface area contributed by atoms with Gasteiger partial charge in [0.2, 0.25) is 0 Å². The van der Waals surface area contributed by atoms with Gasteiger partial charge in [-0.3, -0.25) is 9.69 Å². The first-order valence-corrected chi connectivity index (χ1v) is 7.46. The highest BCUT2D eigenvalue weighted by Gasteiger charge is 2.12. The third kappa shape index (κ3) is 4.63. The molecule has 110 valence electrons. The predicted octanol–water partition coefficient (Wildman–Crippen LogP) is 2.45. The van der Waals surface area contributed by atoms with Crippen LogP contribution in [-0.4, -0.2) is 50.2 Å². The van der Waals surface area contributed by atoms with Gasteiger partial charge in [-0.15, -0.1) is 0 Å². The van der Waals surface area contributed by atoms with E-state index in [4.69, 9.17) is 27.9 Å². The zero-order chi connectivity index (χ0) is 14.4. The van der Waals surface area contributed by atoms with E-state index in [0.29, 0.717) is 22.2 Å². The second-order valence-electron chi connectivity index (χ2n) is 4.69. The highest BCUT2D eigenvalue weighted by molar-refractivity contribution is 6.35. The molecule has 0 atom stereocenters.